The van der Waals surface area contributed by atoms with Crippen molar-refractivity contribution in [2.45, 2.75) is 19.1 Å². The van der Waals surface area contributed by atoms with E-state index >= 15 is 0 Å². The zero-order valence-electron chi connectivity index (χ0n) is 7.61. The highest BCUT2D eigenvalue weighted by Crippen LogP contribution is 2.38. The fourth-order valence-electron chi connectivity index (χ4n) is 1.48. The van der Waals surface area contributed by atoms with Gasteiger partial charge in [0.1, 0.15) is 0 Å². The molecule has 2 fully saturated rings. The van der Waals surface area contributed by atoms with Gasteiger partial charge < -0.3 is 19.7 Å². The molecule has 1 saturated carbocycles. The van der Waals surface area contributed by atoms with Crippen LogP contribution in [-0.4, -0.2) is 42.9 Å². The lowest BCUT2D eigenvalue weighted by Gasteiger charge is -2.37. The van der Waals surface area contributed by atoms with Crippen LogP contribution in [-0.2, 0) is 9.47 Å². The Balaban J connectivity index is 1.86. The summed E-state index contributed by atoms with van der Waals surface area (Å²) in [5.74, 6) is 0.551. The van der Waals surface area contributed by atoms with Crippen LogP contribution in [0.25, 0.3) is 0 Å². The predicted molar refractivity (Wildman–Crippen MR) is 45.0 cm³/mol. The first kappa shape index (κ1) is 9.40. The molecule has 0 aromatic heterocycles. The Labute approximate surface area is 77.5 Å². The van der Waals surface area contributed by atoms with Crippen LogP contribution in [0.15, 0.2) is 0 Å². The number of ether oxygens (including phenoxy) is 2. The van der Waals surface area contributed by atoms with Gasteiger partial charge in [-0.3, -0.25) is 0 Å². The molecule has 0 radical (unpaired) electrons. The Bertz CT molecular complexity index is 164. The Morgan fingerprint density at radius 3 is 2.00 bits per heavy atom. The van der Waals surface area contributed by atoms with Gasteiger partial charge in [0, 0.05) is 5.92 Å². The van der Waals surface area contributed by atoms with E-state index in [1.165, 1.54) is 12.8 Å². The Morgan fingerprint density at radius 1 is 1.08 bits per heavy atom. The average Bonchev–Trinajstić information content (AvgIpc) is 3.02. The van der Waals surface area contributed by atoms with E-state index in [0.29, 0.717) is 19.1 Å². The van der Waals surface area contributed by atoms with Gasteiger partial charge in [0.05, 0.1) is 31.8 Å². The van der Waals surface area contributed by atoms with E-state index in [-0.39, 0.29) is 19.5 Å². The lowest BCUT2D eigenvalue weighted by atomic mass is 9.92. The molecule has 4 heteroatoms. The highest BCUT2D eigenvalue weighted by Gasteiger charge is 2.41. The summed E-state index contributed by atoms with van der Waals surface area (Å²) in [5, 5.41) is 18.1. The van der Waals surface area contributed by atoms with Gasteiger partial charge >= 0.3 is 0 Å². The summed E-state index contributed by atoms with van der Waals surface area (Å²) < 4.78 is 10.9. The maximum atomic E-state index is 9.06. The third-order valence-electron chi connectivity index (χ3n) is 2.79. The molecule has 0 spiro atoms. The maximum absolute atomic E-state index is 9.06. The number of rotatable bonds is 3. The molecule has 1 aliphatic carbocycles. The van der Waals surface area contributed by atoms with E-state index < -0.39 is 5.41 Å². The van der Waals surface area contributed by atoms with Crippen LogP contribution < -0.4 is 0 Å². The van der Waals surface area contributed by atoms with Crippen molar-refractivity contribution in [2.24, 2.45) is 11.3 Å². The fourth-order valence-corrected chi connectivity index (χ4v) is 1.48. The van der Waals surface area contributed by atoms with Crippen molar-refractivity contribution in [1.82, 2.24) is 0 Å². The smallest absolute Gasteiger partial charge is 0.160 e. The minimum Gasteiger partial charge on any atom is -0.396 e. The van der Waals surface area contributed by atoms with Crippen molar-refractivity contribution < 1.29 is 19.7 Å². The van der Waals surface area contributed by atoms with Gasteiger partial charge in [-0.15, -0.1) is 0 Å². The van der Waals surface area contributed by atoms with Crippen LogP contribution in [0.4, 0.5) is 0 Å². The molecule has 4 nitrogen and oxygen atoms in total. The molecule has 0 amide bonds. The maximum Gasteiger partial charge on any atom is 0.160 e. The van der Waals surface area contributed by atoms with Crippen molar-refractivity contribution in [2.75, 3.05) is 26.4 Å². The second-order valence-electron chi connectivity index (χ2n) is 4.14. The molecule has 1 aliphatic heterocycles. The lowest BCUT2D eigenvalue weighted by molar-refractivity contribution is -0.251. The van der Waals surface area contributed by atoms with Gasteiger partial charge in [-0.1, -0.05) is 0 Å². The van der Waals surface area contributed by atoms with E-state index in [0.717, 1.165) is 0 Å². The minimum absolute atomic E-state index is 0.0825. The van der Waals surface area contributed by atoms with Crippen molar-refractivity contribution in [3.63, 3.8) is 0 Å². The van der Waals surface area contributed by atoms with E-state index in [2.05, 4.69) is 0 Å². The largest absolute Gasteiger partial charge is 0.396 e. The number of aliphatic hydroxyl groups excluding tert-OH is 2. The number of aliphatic hydroxyl groups is 2. The van der Waals surface area contributed by atoms with Crippen LogP contribution in [0.2, 0.25) is 0 Å². The monoisotopic (exact) mass is 188 g/mol. The molecule has 1 saturated heterocycles. The van der Waals surface area contributed by atoms with Crippen molar-refractivity contribution >= 4 is 0 Å². The normalized spacial score (nSPS) is 29.1. The molecule has 0 aromatic rings. The summed E-state index contributed by atoms with van der Waals surface area (Å²) in [6.45, 7) is 0.643. The molecule has 2 rings (SSSR count). The predicted octanol–water partition coefficient (Wildman–Crippen LogP) is -0.260. The molecule has 76 valence electrons. The van der Waals surface area contributed by atoms with Crippen LogP contribution in [0.3, 0.4) is 0 Å². The summed E-state index contributed by atoms with van der Waals surface area (Å²) >= 11 is 0. The first-order valence-corrected chi connectivity index (χ1v) is 4.75. The molecule has 0 unspecified atom stereocenters. The summed E-state index contributed by atoms with van der Waals surface area (Å²) in [4.78, 5) is 0. The highest BCUT2D eigenvalue weighted by molar-refractivity contribution is 4.85. The van der Waals surface area contributed by atoms with Gasteiger partial charge in [-0.25, -0.2) is 0 Å². The Kier molecular flexibility index (Phi) is 2.55. The third kappa shape index (κ3) is 1.86. The van der Waals surface area contributed by atoms with Crippen molar-refractivity contribution in [3.8, 4) is 0 Å². The second-order valence-corrected chi connectivity index (χ2v) is 4.14. The van der Waals surface area contributed by atoms with Gasteiger partial charge in [0.2, 0.25) is 0 Å². The third-order valence-corrected chi connectivity index (χ3v) is 2.79. The van der Waals surface area contributed by atoms with Gasteiger partial charge in [-0.2, -0.15) is 0 Å². The molecular weight excluding hydrogens is 172 g/mol. The van der Waals surface area contributed by atoms with E-state index in [9.17, 15) is 0 Å². The summed E-state index contributed by atoms with van der Waals surface area (Å²) in [6, 6.07) is 0. The lowest BCUT2D eigenvalue weighted by Crippen LogP contribution is -2.47. The molecule has 0 bridgehead atoms. The molecule has 13 heavy (non-hydrogen) atoms. The van der Waals surface area contributed by atoms with E-state index in [4.69, 9.17) is 19.7 Å². The average molecular weight is 188 g/mol. The zero-order chi connectivity index (χ0) is 9.31. The zero-order valence-corrected chi connectivity index (χ0v) is 7.61. The molecule has 0 atom stereocenters. The first-order chi connectivity index (χ1) is 6.29. The van der Waals surface area contributed by atoms with E-state index in [1.807, 2.05) is 0 Å². The second kappa shape index (κ2) is 3.53. The molecule has 1 heterocycles. The van der Waals surface area contributed by atoms with Crippen LogP contribution in [0.5, 0.6) is 0 Å². The van der Waals surface area contributed by atoms with Crippen LogP contribution in [0, 0.1) is 11.3 Å². The number of hydrogen-bond donors (Lipinski definition) is 2. The molecule has 2 N–H and O–H groups in total. The Morgan fingerprint density at radius 2 is 1.62 bits per heavy atom. The quantitative estimate of drug-likeness (QED) is 0.640. The minimum atomic E-state index is -0.578. The van der Waals surface area contributed by atoms with Crippen LogP contribution >= 0.6 is 0 Å². The highest BCUT2D eigenvalue weighted by atomic mass is 16.7. The van der Waals surface area contributed by atoms with Gasteiger partial charge in [-0.05, 0) is 12.8 Å². The molecular formula is C9H16O4. The SMILES string of the molecule is OCC1(CO)COC(C2CC2)OC1. The Hall–Kier alpha value is -0.160. The topological polar surface area (TPSA) is 58.9 Å². The van der Waals surface area contributed by atoms with Crippen molar-refractivity contribution in [3.05, 3.63) is 0 Å². The van der Waals surface area contributed by atoms with Crippen molar-refractivity contribution in [1.29, 1.82) is 0 Å². The van der Waals surface area contributed by atoms with Gasteiger partial charge in [0.15, 0.2) is 6.29 Å². The van der Waals surface area contributed by atoms with Crippen LogP contribution in [0.1, 0.15) is 12.8 Å². The number of hydrogen-bond acceptors (Lipinski definition) is 4. The van der Waals surface area contributed by atoms with E-state index in [1.54, 1.807) is 0 Å². The summed E-state index contributed by atoms with van der Waals surface area (Å²) in [6.07, 6.45) is 2.26. The van der Waals surface area contributed by atoms with Gasteiger partial charge in [0.25, 0.3) is 0 Å². The molecule has 0 aromatic carbocycles. The first-order valence-electron chi connectivity index (χ1n) is 4.75. The summed E-state index contributed by atoms with van der Waals surface area (Å²) in [5.41, 5.74) is -0.578. The standard InChI is InChI=1S/C9H16O4/c10-3-9(4-11)5-12-8(13-6-9)7-1-2-7/h7-8,10-11H,1-6H2. The fraction of sp³-hybridized carbons (Fsp3) is 1.00. The summed E-state index contributed by atoms with van der Waals surface area (Å²) in [7, 11) is 0. The molecule has 2 aliphatic rings.